The highest BCUT2D eigenvalue weighted by atomic mass is 32.2. The predicted octanol–water partition coefficient (Wildman–Crippen LogP) is 4.36. The van der Waals surface area contributed by atoms with E-state index in [9.17, 15) is 19.1 Å². The number of nitro groups is 1. The second-order valence-corrected chi connectivity index (χ2v) is 8.67. The molecule has 0 bridgehead atoms. The Hall–Kier alpha value is -3.11. The smallest absolute Gasteiger partial charge is 0.293 e. The van der Waals surface area contributed by atoms with Crippen LogP contribution >= 0.6 is 0 Å². The van der Waals surface area contributed by atoms with Crippen LogP contribution in [0.25, 0.3) is 22.0 Å². The summed E-state index contributed by atoms with van der Waals surface area (Å²) in [6, 6.07) is 12.0. The molecule has 0 radical (unpaired) electrons. The van der Waals surface area contributed by atoms with E-state index in [2.05, 4.69) is 10.2 Å². The predicted molar refractivity (Wildman–Crippen MR) is 140 cm³/mol. The lowest BCUT2D eigenvalue weighted by Crippen LogP contribution is -2.47. The van der Waals surface area contributed by atoms with Gasteiger partial charge in [0, 0.05) is 48.9 Å². The second-order valence-electron chi connectivity index (χ2n) is 6.93. The molecule has 3 aromatic rings. The first-order chi connectivity index (χ1) is 16.5. The van der Waals surface area contributed by atoms with Crippen LogP contribution in [0.4, 0.5) is 11.4 Å². The number of fused-ring (bicyclic) bond motifs is 1. The van der Waals surface area contributed by atoms with Crippen LogP contribution in [0.15, 0.2) is 47.3 Å². The van der Waals surface area contributed by atoms with Crippen LogP contribution in [-0.2, 0) is 11.0 Å². The van der Waals surface area contributed by atoms with Crippen LogP contribution in [-0.4, -0.2) is 55.6 Å². The van der Waals surface area contributed by atoms with Crippen molar-refractivity contribution in [1.29, 1.82) is 0 Å². The minimum Gasteiger partial charge on any atom is -0.363 e. The topological polar surface area (TPSA) is 112 Å². The number of aromatic amines is 1. The first kappa shape index (κ1) is 27.1. The van der Waals surface area contributed by atoms with Crippen LogP contribution in [0, 0.1) is 10.1 Å². The Morgan fingerprint density at radius 1 is 1.03 bits per heavy atom. The summed E-state index contributed by atoms with van der Waals surface area (Å²) in [5.41, 5.74) is 1.25. The summed E-state index contributed by atoms with van der Waals surface area (Å²) in [5, 5.41) is 19.6. The number of aromatic nitrogens is 2. The number of nitro benzene ring substituents is 1. The van der Waals surface area contributed by atoms with Gasteiger partial charge < -0.3 is 4.90 Å². The van der Waals surface area contributed by atoms with Gasteiger partial charge in [-0.2, -0.15) is 5.10 Å². The van der Waals surface area contributed by atoms with Gasteiger partial charge in [0.05, 0.1) is 27.0 Å². The number of nitrogens with zero attached hydrogens (tertiary/aromatic N) is 4. The largest absolute Gasteiger partial charge is 0.363 e. The zero-order valence-electron chi connectivity index (χ0n) is 20.4. The van der Waals surface area contributed by atoms with Crippen LogP contribution in [0.2, 0.25) is 0 Å². The Morgan fingerprint density at radius 2 is 1.65 bits per heavy atom. The van der Waals surface area contributed by atoms with Crippen molar-refractivity contribution >= 4 is 33.1 Å². The Labute approximate surface area is 202 Å². The van der Waals surface area contributed by atoms with Gasteiger partial charge in [0.25, 0.3) is 11.2 Å². The summed E-state index contributed by atoms with van der Waals surface area (Å²) < 4.78 is 13.9. The molecule has 1 aliphatic heterocycles. The first-order valence-electron chi connectivity index (χ1n) is 11.6. The Bertz CT molecular complexity index is 1190. The van der Waals surface area contributed by atoms with Crippen LogP contribution in [0.3, 0.4) is 0 Å². The highest BCUT2D eigenvalue weighted by molar-refractivity contribution is 7.82. The molecule has 34 heavy (non-hydrogen) atoms. The SMILES string of the molecule is CC.CC.CCS(=O)N1CCN(c2ccc(-c3n[nH]c(=O)c4ccccc34)cc2[N+](=O)[O-])CC1. The van der Waals surface area contributed by atoms with Gasteiger partial charge in [-0.1, -0.05) is 58.9 Å². The maximum Gasteiger partial charge on any atom is 0.293 e. The number of piperazine rings is 1. The van der Waals surface area contributed by atoms with Crippen molar-refractivity contribution in [3.8, 4) is 11.3 Å². The molecule has 0 amide bonds. The van der Waals surface area contributed by atoms with Crippen molar-refractivity contribution in [2.75, 3.05) is 36.8 Å². The van der Waals surface area contributed by atoms with E-state index in [4.69, 9.17) is 0 Å². The number of benzene rings is 2. The quantitative estimate of drug-likeness (QED) is 0.423. The third-order valence-corrected chi connectivity index (χ3v) is 6.69. The molecular formula is C24H33N5O4S. The number of anilines is 1. The van der Waals surface area contributed by atoms with Gasteiger partial charge >= 0.3 is 0 Å². The van der Waals surface area contributed by atoms with Gasteiger partial charge in [-0.3, -0.25) is 14.9 Å². The Balaban J connectivity index is 0.000000970. The fourth-order valence-electron chi connectivity index (χ4n) is 3.73. The maximum atomic E-state index is 12.0. The van der Waals surface area contributed by atoms with Crippen molar-refractivity contribution in [2.45, 2.75) is 34.6 Å². The molecule has 1 fully saturated rings. The highest BCUT2D eigenvalue weighted by Gasteiger charge is 2.26. The van der Waals surface area contributed by atoms with E-state index < -0.39 is 15.9 Å². The molecule has 1 N–H and O–H groups in total. The number of H-pyrrole nitrogens is 1. The lowest BCUT2D eigenvalue weighted by Gasteiger charge is -2.34. The van der Waals surface area contributed by atoms with Crippen molar-refractivity contribution in [3.05, 3.63) is 62.9 Å². The number of hydrogen-bond donors (Lipinski definition) is 1. The fraction of sp³-hybridized carbons (Fsp3) is 0.417. The van der Waals surface area contributed by atoms with E-state index >= 15 is 0 Å². The number of rotatable bonds is 5. The van der Waals surface area contributed by atoms with Crippen molar-refractivity contribution < 1.29 is 9.13 Å². The Kier molecular flexibility index (Phi) is 10.3. The number of hydrogen-bond acceptors (Lipinski definition) is 6. The molecule has 9 nitrogen and oxygen atoms in total. The highest BCUT2D eigenvalue weighted by Crippen LogP contribution is 2.34. The fourth-order valence-corrected chi connectivity index (χ4v) is 4.67. The third-order valence-electron chi connectivity index (χ3n) is 5.26. The molecule has 4 rings (SSSR count). The number of nitrogens with one attached hydrogen (secondary N) is 1. The average Bonchev–Trinajstić information content (AvgIpc) is 2.90. The normalized spacial score (nSPS) is 14.4. The van der Waals surface area contributed by atoms with Gasteiger partial charge in [-0.25, -0.2) is 13.6 Å². The maximum absolute atomic E-state index is 12.0. The molecule has 0 saturated carbocycles. The van der Waals surface area contributed by atoms with E-state index in [1.165, 1.54) is 6.07 Å². The summed E-state index contributed by atoms with van der Waals surface area (Å²) in [5.74, 6) is 0.564. The summed E-state index contributed by atoms with van der Waals surface area (Å²) in [7, 11) is -1.01. The molecule has 1 atom stereocenters. The van der Waals surface area contributed by atoms with Gasteiger partial charge in [-0.05, 0) is 12.1 Å². The standard InChI is InChI=1S/C20H21N5O4S.2C2H6/c1-2-30(29)24-11-9-23(10-12-24)17-8-7-14(13-18(17)25(27)28)19-15-5-3-4-6-16(15)20(26)22-21-19;2*1-2/h3-8,13H,2,9-12H2,1H3,(H,22,26);2*1-2H3. The second kappa shape index (κ2) is 13.0. The molecule has 2 heterocycles. The summed E-state index contributed by atoms with van der Waals surface area (Å²) in [6.45, 7) is 12.2. The van der Waals surface area contributed by atoms with Crippen LogP contribution in [0.1, 0.15) is 34.6 Å². The monoisotopic (exact) mass is 487 g/mol. The van der Waals surface area contributed by atoms with E-state index in [0.29, 0.717) is 59.6 Å². The summed E-state index contributed by atoms with van der Waals surface area (Å²) in [6.07, 6.45) is 0. The minimum absolute atomic E-state index is 0.0188. The van der Waals surface area contributed by atoms with Crippen LogP contribution in [0.5, 0.6) is 0 Å². The van der Waals surface area contributed by atoms with Gasteiger partial charge in [-0.15, -0.1) is 0 Å². The molecule has 1 aliphatic rings. The molecule has 1 unspecified atom stereocenters. The zero-order chi connectivity index (χ0) is 25.3. The van der Waals surface area contributed by atoms with Gasteiger partial charge in [0.2, 0.25) is 0 Å². The Morgan fingerprint density at radius 3 is 2.24 bits per heavy atom. The molecular weight excluding hydrogens is 454 g/mol. The molecule has 0 spiro atoms. The van der Waals surface area contributed by atoms with Crippen LogP contribution < -0.4 is 10.5 Å². The van der Waals surface area contributed by atoms with E-state index in [1.807, 2.05) is 43.8 Å². The zero-order valence-corrected chi connectivity index (χ0v) is 21.2. The molecule has 0 aliphatic carbocycles. The molecule has 1 saturated heterocycles. The summed E-state index contributed by atoms with van der Waals surface area (Å²) in [4.78, 5) is 25.4. The third kappa shape index (κ3) is 5.87. The van der Waals surface area contributed by atoms with E-state index in [1.54, 1.807) is 36.4 Å². The van der Waals surface area contributed by atoms with E-state index in [0.717, 1.165) is 0 Å². The average molecular weight is 488 g/mol. The molecule has 2 aromatic carbocycles. The van der Waals surface area contributed by atoms with Gasteiger partial charge in [0.15, 0.2) is 0 Å². The van der Waals surface area contributed by atoms with Crippen molar-refractivity contribution in [1.82, 2.24) is 14.5 Å². The van der Waals surface area contributed by atoms with E-state index in [-0.39, 0.29) is 11.2 Å². The summed E-state index contributed by atoms with van der Waals surface area (Å²) >= 11 is 0. The lowest BCUT2D eigenvalue weighted by molar-refractivity contribution is -0.384. The molecule has 10 heteroatoms. The first-order valence-corrected chi connectivity index (χ1v) is 12.9. The molecule has 184 valence electrons. The molecule has 1 aromatic heterocycles. The van der Waals surface area contributed by atoms with Gasteiger partial charge in [0.1, 0.15) is 5.69 Å². The lowest BCUT2D eigenvalue weighted by atomic mass is 10.0. The van der Waals surface area contributed by atoms with Crippen molar-refractivity contribution in [3.63, 3.8) is 0 Å². The minimum atomic E-state index is -1.01. The van der Waals surface area contributed by atoms with Crippen molar-refractivity contribution in [2.24, 2.45) is 0 Å².